The molecule has 0 aliphatic heterocycles. The topological polar surface area (TPSA) is 47.6 Å². The van der Waals surface area contributed by atoms with E-state index in [9.17, 15) is 4.79 Å². The molecule has 0 saturated heterocycles. The maximum Gasteiger partial charge on any atom is 0.224 e. The fraction of sp³-hybridized carbons (Fsp3) is 0.316. The number of methoxy groups -OCH3 is 1. The Morgan fingerprint density at radius 3 is 2.52 bits per heavy atom. The minimum Gasteiger partial charge on any atom is -0.497 e. The van der Waals surface area contributed by atoms with Gasteiger partial charge in [0.2, 0.25) is 5.91 Å². The van der Waals surface area contributed by atoms with E-state index in [1.165, 1.54) is 0 Å². The second-order valence-electron chi connectivity index (χ2n) is 5.32. The quantitative estimate of drug-likeness (QED) is 0.851. The standard InChI is InChI=1S/C19H23NO3/c1-4-23-17-10-8-16(9-11-17)14(2)20-19(21)13-15-6-5-7-18(12-15)22-3/h5-12,14H,4,13H2,1-3H3,(H,20,21). The van der Waals surface area contributed by atoms with Crippen LogP contribution in [-0.2, 0) is 11.2 Å². The normalized spacial score (nSPS) is 11.6. The number of hydrogen-bond acceptors (Lipinski definition) is 3. The molecule has 0 spiro atoms. The van der Waals surface area contributed by atoms with Gasteiger partial charge in [0.1, 0.15) is 11.5 Å². The number of carbonyl (C=O) groups is 1. The van der Waals surface area contributed by atoms with Crippen molar-refractivity contribution in [2.24, 2.45) is 0 Å². The van der Waals surface area contributed by atoms with E-state index in [0.717, 1.165) is 22.6 Å². The van der Waals surface area contributed by atoms with E-state index in [4.69, 9.17) is 9.47 Å². The summed E-state index contributed by atoms with van der Waals surface area (Å²) in [5.41, 5.74) is 1.98. The van der Waals surface area contributed by atoms with Crippen LogP contribution < -0.4 is 14.8 Å². The molecular weight excluding hydrogens is 290 g/mol. The molecule has 0 aliphatic rings. The Hall–Kier alpha value is -2.49. The molecule has 122 valence electrons. The molecule has 0 fully saturated rings. The highest BCUT2D eigenvalue weighted by Crippen LogP contribution is 2.18. The lowest BCUT2D eigenvalue weighted by Crippen LogP contribution is -2.28. The van der Waals surface area contributed by atoms with E-state index in [2.05, 4.69) is 5.32 Å². The van der Waals surface area contributed by atoms with Gasteiger partial charge in [-0.05, 0) is 49.2 Å². The Bertz CT molecular complexity index is 637. The summed E-state index contributed by atoms with van der Waals surface area (Å²) in [4.78, 5) is 12.2. The van der Waals surface area contributed by atoms with Crippen molar-refractivity contribution >= 4 is 5.91 Å². The number of hydrogen-bond donors (Lipinski definition) is 1. The molecule has 2 aromatic rings. The van der Waals surface area contributed by atoms with Gasteiger partial charge in [-0.2, -0.15) is 0 Å². The molecule has 4 heteroatoms. The van der Waals surface area contributed by atoms with Crippen LogP contribution >= 0.6 is 0 Å². The lowest BCUT2D eigenvalue weighted by Gasteiger charge is -2.15. The molecule has 0 saturated carbocycles. The van der Waals surface area contributed by atoms with Crippen molar-refractivity contribution in [3.63, 3.8) is 0 Å². The summed E-state index contributed by atoms with van der Waals surface area (Å²) in [6, 6.07) is 15.3. The molecular formula is C19H23NO3. The van der Waals surface area contributed by atoms with Crippen LogP contribution in [0.25, 0.3) is 0 Å². The Morgan fingerprint density at radius 2 is 1.87 bits per heavy atom. The van der Waals surface area contributed by atoms with E-state index >= 15 is 0 Å². The summed E-state index contributed by atoms with van der Waals surface area (Å²) in [5, 5.41) is 3.01. The highest BCUT2D eigenvalue weighted by molar-refractivity contribution is 5.79. The van der Waals surface area contributed by atoms with Crippen LogP contribution in [0.4, 0.5) is 0 Å². The van der Waals surface area contributed by atoms with Crippen LogP contribution in [0.15, 0.2) is 48.5 Å². The molecule has 23 heavy (non-hydrogen) atoms. The van der Waals surface area contributed by atoms with E-state index in [0.29, 0.717) is 13.0 Å². The molecule has 0 radical (unpaired) electrons. The van der Waals surface area contributed by atoms with E-state index in [1.54, 1.807) is 7.11 Å². The number of nitrogens with one attached hydrogen (secondary N) is 1. The minimum atomic E-state index is -0.0521. The van der Waals surface area contributed by atoms with E-state index in [-0.39, 0.29) is 11.9 Å². The molecule has 4 nitrogen and oxygen atoms in total. The number of carbonyl (C=O) groups excluding carboxylic acids is 1. The van der Waals surface area contributed by atoms with Crippen molar-refractivity contribution in [1.82, 2.24) is 5.32 Å². The maximum absolute atomic E-state index is 12.2. The molecule has 0 heterocycles. The fourth-order valence-corrected chi connectivity index (χ4v) is 2.36. The average Bonchev–Trinajstić information content (AvgIpc) is 2.55. The second-order valence-corrected chi connectivity index (χ2v) is 5.32. The van der Waals surface area contributed by atoms with Crippen LogP contribution in [0, 0.1) is 0 Å². The van der Waals surface area contributed by atoms with Crippen LogP contribution in [0.1, 0.15) is 31.0 Å². The Balaban J connectivity index is 1.93. The predicted molar refractivity (Wildman–Crippen MR) is 90.9 cm³/mol. The van der Waals surface area contributed by atoms with Gasteiger partial charge in [-0.3, -0.25) is 4.79 Å². The molecule has 1 amide bonds. The summed E-state index contributed by atoms with van der Waals surface area (Å²) < 4.78 is 10.6. The highest BCUT2D eigenvalue weighted by Gasteiger charge is 2.10. The van der Waals surface area contributed by atoms with Gasteiger partial charge in [-0.25, -0.2) is 0 Å². The molecule has 0 bridgehead atoms. The monoisotopic (exact) mass is 313 g/mol. The first kappa shape index (κ1) is 16.9. The smallest absolute Gasteiger partial charge is 0.224 e. The van der Waals surface area contributed by atoms with Crippen molar-refractivity contribution in [1.29, 1.82) is 0 Å². The molecule has 0 aliphatic carbocycles. The first-order chi connectivity index (χ1) is 11.1. The van der Waals surface area contributed by atoms with Crippen LogP contribution in [0.3, 0.4) is 0 Å². The lowest BCUT2D eigenvalue weighted by molar-refractivity contribution is -0.121. The fourth-order valence-electron chi connectivity index (χ4n) is 2.36. The third-order valence-electron chi connectivity index (χ3n) is 3.57. The van der Waals surface area contributed by atoms with E-state index < -0.39 is 0 Å². The Kier molecular flexibility index (Phi) is 6.03. The molecule has 1 atom stereocenters. The zero-order valence-electron chi connectivity index (χ0n) is 13.8. The summed E-state index contributed by atoms with van der Waals surface area (Å²) in [7, 11) is 1.62. The SMILES string of the molecule is CCOc1ccc(C(C)NC(=O)Cc2cccc(OC)c2)cc1. The van der Waals surface area contributed by atoms with Gasteiger partial charge in [0.15, 0.2) is 0 Å². The summed E-state index contributed by atoms with van der Waals surface area (Å²) in [5.74, 6) is 1.58. The van der Waals surface area contributed by atoms with Crippen molar-refractivity contribution in [3.05, 3.63) is 59.7 Å². The average molecular weight is 313 g/mol. The molecule has 1 unspecified atom stereocenters. The summed E-state index contributed by atoms with van der Waals surface area (Å²) in [6.45, 7) is 4.57. The number of benzene rings is 2. The van der Waals surface area contributed by atoms with Crippen LogP contribution in [0.5, 0.6) is 11.5 Å². The van der Waals surface area contributed by atoms with Gasteiger partial charge in [0.05, 0.1) is 26.2 Å². The number of amides is 1. The van der Waals surface area contributed by atoms with Crippen molar-refractivity contribution in [2.45, 2.75) is 26.3 Å². The first-order valence-corrected chi connectivity index (χ1v) is 7.77. The lowest BCUT2D eigenvalue weighted by atomic mass is 10.1. The predicted octanol–water partition coefficient (Wildman–Crippen LogP) is 3.51. The summed E-state index contributed by atoms with van der Waals surface area (Å²) >= 11 is 0. The molecule has 2 aromatic carbocycles. The highest BCUT2D eigenvalue weighted by atomic mass is 16.5. The third-order valence-corrected chi connectivity index (χ3v) is 3.57. The van der Waals surface area contributed by atoms with E-state index in [1.807, 2.05) is 62.4 Å². The van der Waals surface area contributed by atoms with Crippen molar-refractivity contribution in [3.8, 4) is 11.5 Å². The molecule has 2 rings (SSSR count). The van der Waals surface area contributed by atoms with Crippen molar-refractivity contribution in [2.75, 3.05) is 13.7 Å². The zero-order chi connectivity index (χ0) is 16.7. The maximum atomic E-state index is 12.2. The van der Waals surface area contributed by atoms with Gasteiger partial charge in [0.25, 0.3) is 0 Å². The first-order valence-electron chi connectivity index (χ1n) is 7.77. The minimum absolute atomic E-state index is 0.0142. The Labute approximate surface area is 137 Å². The zero-order valence-corrected chi connectivity index (χ0v) is 13.8. The molecule has 1 N–H and O–H groups in total. The molecule has 0 aromatic heterocycles. The third kappa shape index (κ3) is 5.02. The summed E-state index contributed by atoms with van der Waals surface area (Å²) in [6.07, 6.45) is 0.332. The van der Waals surface area contributed by atoms with Gasteiger partial charge in [-0.1, -0.05) is 24.3 Å². The van der Waals surface area contributed by atoms with Crippen LogP contribution in [0.2, 0.25) is 0 Å². The van der Waals surface area contributed by atoms with Crippen LogP contribution in [-0.4, -0.2) is 19.6 Å². The van der Waals surface area contributed by atoms with Gasteiger partial charge >= 0.3 is 0 Å². The second kappa shape index (κ2) is 8.22. The van der Waals surface area contributed by atoms with Gasteiger partial charge in [-0.15, -0.1) is 0 Å². The van der Waals surface area contributed by atoms with Crippen molar-refractivity contribution < 1.29 is 14.3 Å². The largest absolute Gasteiger partial charge is 0.497 e. The van der Waals surface area contributed by atoms with Gasteiger partial charge in [0, 0.05) is 0 Å². The Morgan fingerprint density at radius 1 is 1.13 bits per heavy atom. The van der Waals surface area contributed by atoms with Gasteiger partial charge < -0.3 is 14.8 Å². The number of ether oxygens (including phenoxy) is 2. The number of rotatable bonds is 7.